The molecule has 5 nitrogen and oxygen atoms in total. The van der Waals surface area contributed by atoms with Gasteiger partial charge >= 0.3 is 0 Å². The van der Waals surface area contributed by atoms with E-state index in [0.717, 1.165) is 32.0 Å². The monoisotopic (exact) mass is 676 g/mol. The van der Waals surface area contributed by atoms with Crippen molar-refractivity contribution in [1.29, 1.82) is 0 Å². The normalized spacial score (nSPS) is 13.6. The van der Waals surface area contributed by atoms with E-state index in [1.807, 2.05) is 84.9 Å². The van der Waals surface area contributed by atoms with Crippen molar-refractivity contribution in [3.8, 4) is 39.9 Å². The molecule has 7 aromatic carbocycles. The van der Waals surface area contributed by atoms with E-state index in [2.05, 4.69) is 24.3 Å². The molecule has 0 fully saturated rings. The molecule has 0 radical (unpaired) electrons. The average molecular weight is 677 g/mol. The van der Waals surface area contributed by atoms with Crippen molar-refractivity contribution in [2.75, 3.05) is 0 Å². The van der Waals surface area contributed by atoms with Gasteiger partial charge in [0.1, 0.15) is 11.2 Å². The second-order valence-corrected chi connectivity index (χ2v) is 13.4. The second-order valence-electron chi connectivity index (χ2n) is 12.3. The van der Waals surface area contributed by atoms with Crippen LogP contribution in [0.15, 0.2) is 162 Å². The van der Waals surface area contributed by atoms with Gasteiger partial charge in [0.15, 0.2) is 17.5 Å². The first-order valence-electron chi connectivity index (χ1n) is 19.4. The smallest absolute Gasteiger partial charge is 0.164 e. The van der Waals surface area contributed by atoms with Crippen molar-refractivity contribution in [2.24, 2.45) is 0 Å². The standard InChI is InChI=1S/C45H26N4OS/c1-2-12-27(13-3-1)43-46-44(48-45(47-43)33-17-10-23-40-41(33)32-16-6-9-22-39(32)51-40)28-24-25-31-38(26-28)50-37-21-11-20-36(42(31)37)49-34-18-7-4-14-29(34)30-15-5-8-19-35(30)49/h1-26H/i4D,5D,14D,15D,18D,19D. The van der Waals surface area contributed by atoms with E-state index in [9.17, 15) is 0 Å². The van der Waals surface area contributed by atoms with Gasteiger partial charge in [0, 0.05) is 53.0 Å². The summed E-state index contributed by atoms with van der Waals surface area (Å²) < 4.78 is 63.0. The fourth-order valence-electron chi connectivity index (χ4n) is 7.19. The van der Waals surface area contributed by atoms with Crippen molar-refractivity contribution >= 4 is 75.3 Å². The van der Waals surface area contributed by atoms with E-state index in [1.165, 1.54) is 16.8 Å². The predicted octanol–water partition coefficient (Wildman–Crippen LogP) is 12.2. The Bertz CT molecular complexity index is 3430. The van der Waals surface area contributed by atoms with Crippen LogP contribution in [0, 0.1) is 0 Å². The highest BCUT2D eigenvalue weighted by Gasteiger charge is 2.20. The van der Waals surface area contributed by atoms with Crippen molar-refractivity contribution in [3.05, 3.63) is 158 Å². The lowest BCUT2D eigenvalue weighted by atomic mass is 10.1. The molecule has 0 saturated carbocycles. The summed E-state index contributed by atoms with van der Waals surface area (Å²) in [7, 11) is 0. The molecule has 0 saturated heterocycles. The third-order valence-electron chi connectivity index (χ3n) is 9.41. The fourth-order valence-corrected chi connectivity index (χ4v) is 8.32. The minimum absolute atomic E-state index is 0.0226. The minimum Gasteiger partial charge on any atom is -0.456 e. The molecule has 0 amide bonds. The molecule has 0 bridgehead atoms. The van der Waals surface area contributed by atoms with E-state index in [0.29, 0.717) is 45.3 Å². The Morgan fingerprint density at radius 3 is 2.04 bits per heavy atom. The molecule has 0 spiro atoms. The van der Waals surface area contributed by atoms with Gasteiger partial charge in [-0.25, -0.2) is 15.0 Å². The quantitative estimate of drug-likeness (QED) is 0.186. The number of benzene rings is 7. The lowest BCUT2D eigenvalue weighted by molar-refractivity contribution is 0.669. The Morgan fingerprint density at radius 2 is 1.22 bits per heavy atom. The number of nitrogens with zero attached hydrogens (tertiary/aromatic N) is 4. The summed E-state index contributed by atoms with van der Waals surface area (Å²) in [6, 6.07) is 37.7. The summed E-state index contributed by atoms with van der Waals surface area (Å²) in [5, 5.41) is 4.11. The molecule has 0 unspecified atom stereocenters. The molecule has 0 aliphatic rings. The zero-order valence-electron chi connectivity index (χ0n) is 32.7. The summed E-state index contributed by atoms with van der Waals surface area (Å²) in [6.07, 6.45) is 0. The predicted molar refractivity (Wildman–Crippen MR) is 211 cm³/mol. The van der Waals surface area contributed by atoms with E-state index in [-0.39, 0.29) is 58.1 Å². The van der Waals surface area contributed by atoms with Crippen LogP contribution in [0.5, 0.6) is 0 Å². The zero-order chi connectivity index (χ0) is 38.7. The van der Waals surface area contributed by atoms with Crippen LogP contribution >= 0.6 is 11.3 Å². The van der Waals surface area contributed by atoms with Crippen molar-refractivity contribution in [2.45, 2.75) is 0 Å². The maximum atomic E-state index is 8.97. The highest BCUT2D eigenvalue weighted by Crippen LogP contribution is 2.41. The van der Waals surface area contributed by atoms with E-state index >= 15 is 0 Å². The lowest BCUT2D eigenvalue weighted by Crippen LogP contribution is -2.00. The third-order valence-corrected chi connectivity index (χ3v) is 10.5. The SMILES string of the molecule is [2H]c1cc([2H])c2c(c1[2H])c1c([2H])c([2H])cc([2H])c1n2-c1cccc2oc3cc(-c4nc(-c5ccccc5)nc(-c5cccc6sc7ccccc7c56)n4)ccc3c12. The Morgan fingerprint density at radius 1 is 0.510 bits per heavy atom. The molecule has 238 valence electrons. The van der Waals surface area contributed by atoms with Gasteiger partial charge in [-0.15, -0.1) is 11.3 Å². The molecule has 11 aromatic rings. The first-order chi connectivity index (χ1) is 27.7. The van der Waals surface area contributed by atoms with Crippen LogP contribution in [0.25, 0.3) is 104 Å². The van der Waals surface area contributed by atoms with Gasteiger partial charge in [-0.2, -0.15) is 0 Å². The zero-order valence-corrected chi connectivity index (χ0v) is 27.5. The van der Waals surface area contributed by atoms with Crippen molar-refractivity contribution in [1.82, 2.24) is 19.5 Å². The number of para-hydroxylation sites is 2. The molecule has 0 aliphatic carbocycles. The summed E-state index contributed by atoms with van der Waals surface area (Å²) >= 11 is 1.74. The molecule has 4 heterocycles. The number of hydrogen-bond acceptors (Lipinski definition) is 5. The Hall–Kier alpha value is -6.63. The highest BCUT2D eigenvalue weighted by molar-refractivity contribution is 7.25. The molecular formula is C45H26N4OS. The Labute approximate surface area is 304 Å². The molecule has 0 atom stereocenters. The number of fused-ring (bicyclic) bond motifs is 9. The van der Waals surface area contributed by atoms with Gasteiger partial charge in [-0.1, -0.05) is 109 Å². The average Bonchev–Trinajstić information content (AvgIpc) is 3.92. The van der Waals surface area contributed by atoms with Crippen LogP contribution < -0.4 is 0 Å². The molecule has 4 aromatic heterocycles. The van der Waals surface area contributed by atoms with Gasteiger partial charge in [-0.3, -0.25) is 0 Å². The molecule has 6 heteroatoms. The van der Waals surface area contributed by atoms with Crippen LogP contribution in [-0.2, 0) is 0 Å². The first kappa shape index (κ1) is 22.9. The van der Waals surface area contributed by atoms with Crippen molar-refractivity contribution in [3.63, 3.8) is 0 Å². The van der Waals surface area contributed by atoms with Gasteiger partial charge in [0.05, 0.1) is 30.3 Å². The van der Waals surface area contributed by atoms with Gasteiger partial charge < -0.3 is 8.98 Å². The maximum absolute atomic E-state index is 8.97. The summed E-state index contributed by atoms with van der Waals surface area (Å²) in [4.78, 5) is 15.1. The van der Waals surface area contributed by atoms with Gasteiger partial charge in [-0.05, 0) is 48.5 Å². The van der Waals surface area contributed by atoms with Crippen molar-refractivity contribution < 1.29 is 12.6 Å². The van der Waals surface area contributed by atoms with Crippen LogP contribution in [-0.4, -0.2) is 19.5 Å². The van der Waals surface area contributed by atoms with Crippen LogP contribution in [0.1, 0.15) is 8.22 Å². The Balaban J connectivity index is 1.15. The van der Waals surface area contributed by atoms with E-state index in [1.54, 1.807) is 15.9 Å². The van der Waals surface area contributed by atoms with Crippen LogP contribution in [0.2, 0.25) is 0 Å². The summed E-state index contributed by atoms with van der Waals surface area (Å²) in [5.41, 5.74) is 4.76. The molecule has 11 rings (SSSR count). The highest BCUT2D eigenvalue weighted by atomic mass is 32.1. The summed E-state index contributed by atoms with van der Waals surface area (Å²) in [5.74, 6) is 1.57. The van der Waals surface area contributed by atoms with Crippen LogP contribution in [0.4, 0.5) is 0 Å². The molecular weight excluding hydrogens is 645 g/mol. The van der Waals surface area contributed by atoms with E-state index in [4.69, 9.17) is 27.6 Å². The number of hydrogen-bond donors (Lipinski definition) is 0. The first-order valence-corrected chi connectivity index (χ1v) is 17.3. The van der Waals surface area contributed by atoms with E-state index < -0.39 is 0 Å². The summed E-state index contributed by atoms with van der Waals surface area (Å²) in [6.45, 7) is 0. The number of rotatable bonds is 4. The molecule has 0 aliphatic heterocycles. The maximum Gasteiger partial charge on any atom is 0.164 e. The largest absolute Gasteiger partial charge is 0.456 e. The fraction of sp³-hybridized carbons (Fsp3) is 0. The van der Waals surface area contributed by atoms with Crippen LogP contribution in [0.3, 0.4) is 0 Å². The topological polar surface area (TPSA) is 56.7 Å². The van der Waals surface area contributed by atoms with Gasteiger partial charge in [0.2, 0.25) is 0 Å². The number of thiophene rings is 1. The number of furan rings is 1. The molecule has 51 heavy (non-hydrogen) atoms. The molecule has 0 N–H and O–H groups in total. The Kier molecular flexibility index (Phi) is 4.91. The minimum atomic E-state index is -0.162. The second kappa shape index (κ2) is 10.9. The van der Waals surface area contributed by atoms with Gasteiger partial charge in [0.25, 0.3) is 0 Å². The number of aromatic nitrogens is 4. The lowest BCUT2D eigenvalue weighted by Gasteiger charge is -2.10. The third kappa shape index (κ3) is 4.30.